The Kier molecular flexibility index (Phi) is 3.88. The maximum atomic E-state index is 12.4. The van der Waals surface area contributed by atoms with Crippen molar-refractivity contribution in [1.82, 2.24) is 10.3 Å². The molecule has 2 fully saturated rings. The summed E-state index contributed by atoms with van der Waals surface area (Å²) in [5, 5.41) is 13.3. The number of nitrogens with zero attached hydrogens (tertiary/aromatic N) is 2. The number of carboxylic acids is 1. The maximum Gasteiger partial charge on any atom is 0.308 e. The number of hydrogen-bond acceptors (Lipinski definition) is 5. The highest BCUT2D eigenvalue weighted by Gasteiger charge is 2.37. The molecule has 1 aromatic heterocycles. The van der Waals surface area contributed by atoms with Crippen LogP contribution >= 0.6 is 11.3 Å². The molecule has 0 radical (unpaired) electrons. The van der Waals surface area contributed by atoms with Crippen molar-refractivity contribution in [1.29, 1.82) is 0 Å². The van der Waals surface area contributed by atoms with Gasteiger partial charge in [-0.2, -0.15) is 0 Å². The van der Waals surface area contributed by atoms with E-state index in [0.29, 0.717) is 25.6 Å². The molecule has 1 saturated heterocycles. The number of benzene rings is 1. The van der Waals surface area contributed by atoms with Gasteiger partial charge in [0, 0.05) is 19.1 Å². The monoisotopic (exact) mass is 345 g/mol. The van der Waals surface area contributed by atoms with Gasteiger partial charge in [-0.1, -0.05) is 23.5 Å². The second-order valence-corrected chi connectivity index (χ2v) is 7.63. The number of nitrogens with one attached hydrogen (secondary N) is 1. The lowest BCUT2D eigenvalue weighted by Gasteiger charge is -2.35. The van der Waals surface area contributed by atoms with E-state index in [1.165, 1.54) is 0 Å². The molecule has 2 atom stereocenters. The zero-order valence-corrected chi connectivity index (χ0v) is 14.0. The van der Waals surface area contributed by atoms with E-state index in [9.17, 15) is 14.7 Å². The molecule has 0 unspecified atom stereocenters. The van der Waals surface area contributed by atoms with Crippen LogP contribution in [0.1, 0.15) is 19.3 Å². The number of aliphatic carboxylic acids is 1. The molecule has 1 aliphatic carbocycles. The summed E-state index contributed by atoms with van der Waals surface area (Å²) in [6.45, 7) is 0.935. The van der Waals surface area contributed by atoms with Gasteiger partial charge in [-0.15, -0.1) is 0 Å². The molecular weight excluding hydrogens is 326 g/mol. The molecule has 1 saturated carbocycles. The highest BCUT2D eigenvalue weighted by Crippen LogP contribution is 2.33. The van der Waals surface area contributed by atoms with E-state index in [-0.39, 0.29) is 11.8 Å². The molecular formula is C17H19N3O3S. The Bertz CT molecular complexity index is 753. The molecule has 2 heterocycles. The molecule has 7 heteroatoms. The number of para-hydroxylation sites is 1. The summed E-state index contributed by atoms with van der Waals surface area (Å²) in [6, 6.07) is 8.15. The summed E-state index contributed by atoms with van der Waals surface area (Å²) < 4.78 is 1.07. The molecule has 1 aromatic carbocycles. The van der Waals surface area contributed by atoms with E-state index in [1.807, 2.05) is 29.2 Å². The van der Waals surface area contributed by atoms with Gasteiger partial charge in [-0.25, -0.2) is 4.98 Å². The number of amides is 1. The fourth-order valence-corrected chi connectivity index (χ4v) is 4.15. The van der Waals surface area contributed by atoms with Crippen LogP contribution in [0.2, 0.25) is 0 Å². The summed E-state index contributed by atoms with van der Waals surface area (Å²) in [4.78, 5) is 30.5. The highest BCUT2D eigenvalue weighted by atomic mass is 32.1. The van der Waals surface area contributed by atoms with Crippen LogP contribution in [0.25, 0.3) is 10.2 Å². The van der Waals surface area contributed by atoms with Crippen LogP contribution in [-0.2, 0) is 9.59 Å². The fraction of sp³-hybridized carbons (Fsp3) is 0.471. The van der Waals surface area contributed by atoms with Gasteiger partial charge in [0.25, 0.3) is 0 Å². The van der Waals surface area contributed by atoms with Crippen molar-refractivity contribution < 1.29 is 14.7 Å². The molecule has 24 heavy (non-hydrogen) atoms. The predicted octanol–water partition coefficient (Wildman–Crippen LogP) is 2.10. The van der Waals surface area contributed by atoms with Crippen LogP contribution in [0.3, 0.4) is 0 Å². The van der Waals surface area contributed by atoms with Crippen molar-refractivity contribution in [3.63, 3.8) is 0 Å². The normalized spacial score (nSPS) is 24.1. The number of fused-ring (bicyclic) bond motifs is 1. The second kappa shape index (κ2) is 6.05. The van der Waals surface area contributed by atoms with Gasteiger partial charge in [0.2, 0.25) is 5.91 Å². The minimum absolute atomic E-state index is 0.0189. The molecule has 0 spiro atoms. The van der Waals surface area contributed by atoms with E-state index >= 15 is 0 Å². The van der Waals surface area contributed by atoms with Crippen molar-refractivity contribution in [2.45, 2.75) is 25.3 Å². The van der Waals surface area contributed by atoms with Crippen LogP contribution in [0.4, 0.5) is 5.13 Å². The number of aromatic nitrogens is 1. The molecule has 1 amide bonds. The SMILES string of the molecule is O=C(O)[C@H]1C[C@@H](C(=O)NC2CC2)CN(c2nc3ccccc3s2)C1. The van der Waals surface area contributed by atoms with Crippen molar-refractivity contribution in [2.75, 3.05) is 18.0 Å². The van der Waals surface area contributed by atoms with Crippen molar-refractivity contribution in [3.8, 4) is 0 Å². The lowest BCUT2D eigenvalue weighted by atomic mass is 9.89. The first kappa shape index (κ1) is 15.4. The van der Waals surface area contributed by atoms with Gasteiger partial charge in [0.1, 0.15) is 0 Å². The van der Waals surface area contributed by atoms with Gasteiger partial charge in [-0.3, -0.25) is 9.59 Å². The molecule has 126 valence electrons. The molecule has 4 rings (SSSR count). The molecule has 6 nitrogen and oxygen atoms in total. The third kappa shape index (κ3) is 3.08. The Morgan fingerprint density at radius 3 is 2.67 bits per heavy atom. The Balaban J connectivity index is 1.58. The second-order valence-electron chi connectivity index (χ2n) is 6.62. The van der Waals surface area contributed by atoms with E-state index in [1.54, 1.807) is 11.3 Å². The molecule has 0 bridgehead atoms. The molecule has 2 N–H and O–H groups in total. The number of thiazole rings is 1. The quantitative estimate of drug-likeness (QED) is 0.887. The van der Waals surface area contributed by atoms with Crippen molar-refractivity contribution in [2.24, 2.45) is 11.8 Å². The summed E-state index contributed by atoms with van der Waals surface area (Å²) in [5.74, 6) is -1.70. The number of anilines is 1. The van der Waals surface area contributed by atoms with Gasteiger partial charge >= 0.3 is 5.97 Å². The maximum absolute atomic E-state index is 12.4. The Labute approximate surface area is 143 Å². The third-order valence-electron chi connectivity index (χ3n) is 4.65. The summed E-state index contributed by atoms with van der Waals surface area (Å²) >= 11 is 1.55. The first-order valence-electron chi connectivity index (χ1n) is 8.24. The van der Waals surface area contributed by atoms with Gasteiger partial charge in [0.15, 0.2) is 5.13 Å². The zero-order chi connectivity index (χ0) is 16.7. The van der Waals surface area contributed by atoms with Crippen LogP contribution in [0.15, 0.2) is 24.3 Å². The number of hydrogen-bond donors (Lipinski definition) is 2. The Hall–Kier alpha value is -2.15. The van der Waals surface area contributed by atoms with Gasteiger partial charge in [-0.05, 0) is 31.4 Å². The topological polar surface area (TPSA) is 82.5 Å². The Morgan fingerprint density at radius 2 is 1.96 bits per heavy atom. The van der Waals surface area contributed by atoms with E-state index in [2.05, 4.69) is 10.3 Å². The number of rotatable bonds is 4. The number of piperidine rings is 1. The summed E-state index contributed by atoms with van der Waals surface area (Å²) in [7, 11) is 0. The lowest BCUT2D eigenvalue weighted by Crippen LogP contribution is -2.48. The van der Waals surface area contributed by atoms with Crippen LogP contribution in [0, 0.1) is 11.8 Å². The van der Waals surface area contributed by atoms with Crippen LogP contribution in [0.5, 0.6) is 0 Å². The zero-order valence-electron chi connectivity index (χ0n) is 13.1. The molecule has 2 aromatic rings. The van der Waals surface area contributed by atoms with E-state index in [0.717, 1.165) is 28.2 Å². The van der Waals surface area contributed by atoms with Crippen LogP contribution in [-0.4, -0.2) is 41.1 Å². The van der Waals surface area contributed by atoms with E-state index in [4.69, 9.17) is 0 Å². The molecule has 1 aliphatic heterocycles. The van der Waals surface area contributed by atoms with Crippen molar-refractivity contribution in [3.05, 3.63) is 24.3 Å². The highest BCUT2D eigenvalue weighted by molar-refractivity contribution is 7.22. The Morgan fingerprint density at radius 1 is 1.21 bits per heavy atom. The summed E-state index contributed by atoms with van der Waals surface area (Å²) in [6.07, 6.45) is 2.46. The average Bonchev–Trinajstić information content (AvgIpc) is 3.28. The summed E-state index contributed by atoms with van der Waals surface area (Å²) in [5.41, 5.74) is 0.911. The number of carboxylic acid groups (broad SMARTS) is 1. The van der Waals surface area contributed by atoms with Crippen LogP contribution < -0.4 is 10.2 Å². The first-order valence-corrected chi connectivity index (χ1v) is 9.05. The largest absolute Gasteiger partial charge is 0.481 e. The van der Waals surface area contributed by atoms with Crippen molar-refractivity contribution >= 4 is 38.6 Å². The third-order valence-corrected chi connectivity index (χ3v) is 5.74. The van der Waals surface area contributed by atoms with Gasteiger partial charge in [0.05, 0.1) is 22.1 Å². The minimum atomic E-state index is -0.843. The average molecular weight is 345 g/mol. The fourth-order valence-electron chi connectivity index (χ4n) is 3.17. The predicted molar refractivity (Wildman–Crippen MR) is 92.2 cm³/mol. The van der Waals surface area contributed by atoms with Gasteiger partial charge < -0.3 is 15.3 Å². The number of carbonyl (C=O) groups is 2. The molecule has 2 aliphatic rings. The minimum Gasteiger partial charge on any atom is -0.481 e. The lowest BCUT2D eigenvalue weighted by molar-refractivity contribution is -0.143. The number of carbonyl (C=O) groups excluding carboxylic acids is 1. The standard InChI is InChI=1S/C17H19N3O3S/c21-15(18-12-5-6-12)10-7-11(16(22)23)9-20(8-10)17-19-13-3-1-2-4-14(13)24-17/h1-4,10-12H,5-9H2,(H,18,21)(H,22,23)/t10-,11+/m1/s1. The van der Waals surface area contributed by atoms with E-state index < -0.39 is 11.9 Å². The first-order chi connectivity index (χ1) is 11.6. The smallest absolute Gasteiger partial charge is 0.308 e.